The monoisotopic (exact) mass is 266 g/mol. The maximum atomic E-state index is 13.5. The molecule has 3 heteroatoms. The molecule has 0 amide bonds. The van der Waals surface area contributed by atoms with Crippen LogP contribution >= 0.6 is 0 Å². The average Bonchev–Trinajstić information content (AvgIpc) is 2.41. The van der Waals surface area contributed by atoms with E-state index in [1.54, 1.807) is 12.1 Å². The molecule has 0 heterocycles. The third kappa shape index (κ3) is 4.83. The normalized spacial score (nSPS) is 12.5. The van der Waals surface area contributed by atoms with E-state index < -0.39 is 0 Å². The van der Waals surface area contributed by atoms with E-state index in [9.17, 15) is 4.39 Å². The zero-order valence-electron chi connectivity index (χ0n) is 12.5. The Morgan fingerprint density at radius 3 is 2.58 bits per heavy atom. The topological polar surface area (TPSA) is 29.3 Å². The first-order chi connectivity index (χ1) is 9.12. The highest BCUT2D eigenvalue weighted by atomic mass is 19.1. The molecule has 0 aliphatic carbocycles. The molecule has 1 aromatic carbocycles. The smallest absolute Gasteiger partial charge is 0.123 e. The van der Waals surface area contributed by atoms with Gasteiger partial charge in [0.25, 0.3) is 0 Å². The maximum absolute atomic E-state index is 13.5. The SMILES string of the molecule is CCCCN(CC)c1ccc(F)cc1CC(N)CC. The summed E-state index contributed by atoms with van der Waals surface area (Å²) < 4.78 is 13.5. The first-order valence-electron chi connectivity index (χ1n) is 7.41. The summed E-state index contributed by atoms with van der Waals surface area (Å²) in [6, 6.07) is 5.18. The maximum Gasteiger partial charge on any atom is 0.123 e. The number of rotatable bonds is 8. The Hall–Kier alpha value is -1.09. The highest BCUT2D eigenvalue weighted by molar-refractivity contribution is 5.54. The number of anilines is 1. The molecule has 19 heavy (non-hydrogen) atoms. The fourth-order valence-corrected chi connectivity index (χ4v) is 2.25. The van der Waals surface area contributed by atoms with Gasteiger partial charge in [-0.1, -0.05) is 20.3 Å². The van der Waals surface area contributed by atoms with Crippen LogP contribution < -0.4 is 10.6 Å². The summed E-state index contributed by atoms with van der Waals surface area (Å²) in [5, 5.41) is 0. The average molecular weight is 266 g/mol. The van der Waals surface area contributed by atoms with Gasteiger partial charge in [0.2, 0.25) is 0 Å². The van der Waals surface area contributed by atoms with Crippen LogP contribution in [0, 0.1) is 5.82 Å². The zero-order chi connectivity index (χ0) is 14.3. The molecule has 108 valence electrons. The van der Waals surface area contributed by atoms with Crippen LogP contribution in [-0.2, 0) is 6.42 Å². The second-order valence-electron chi connectivity index (χ2n) is 5.08. The minimum Gasteiger partial charge on any atom is -0.372 e. The van der Waals surface area contributed by atoms with Crippen LogP contribution in [0.1, 0.15) is 45.6 Å². The van der Waals surface area contributed by atoms with Crippen molar-refractivity contribution in [3.63, 3.8) is 0 Å². The van der Waals surface area contributed by atoms with E-state index in [1.165, 1.54) is 6.42 Å². The van der Waals surface area contributed by atoms with Crippen molar-refractivity contribution in [2.45, 2.75) is 52.5 Å². The molecule has 0 radical (unpaired) electrons. The highest BCUT2D eigenvalue weighted by Gasteiger charge is 2.12. The lowest BCUT2D eigenvalue weighted by atomic mass is 10.0. The molecule has 0 aliphatic heterocycles. The lowest BCUT2D eigenvalue weighted by molar-refractivity contribution is 0.612. The molecule has 0 aromatic heterocycles. The van der Waals surface area contributed by atoms with Crippen LogP contribution in [0.25, 0.3) is 0 Å². The predicted molar refractivity (Wildman–Crippen MR) is 81.2 cm³/mol. The fraction of sp³-hybridized carbons (Fsp3) is 0.625. The molecule has 2 nitrogen and oxygen atoms in total. The van der Waals surface area contributed by atoms with Gasteiger partial charge in [0.15, 0.2) is 0 Å². The molecular weight excluding hydrogens is 239 g/mol. The van der Waals surface area contributed by atoms with Gasteiger partial charge in [-0.05, 0) is 49.9 Å². The Labute approximate surface area is 116 Å². The number of benzene rings is 1. The van der Waals surface area contributed by atoms with E-state index in [2.05, 4.69) is 25.7 Å². The Balaban J connectivity index is 2.96. The summed E-state index contributed by atoms with van der Waals surface area (Å²) in [5.41, 5.74) is 8.20. The minimum atomic E-state index is -0.173. The van der Waals surface area contributed by atoms with Crippen LogP contribution in [0.15, 0.2) is 18.2 Å². The van der Waals surface area contributed by atoms with Crippen molar-refractivity contribution >= 4 is 5.69 Å². The second-order valence-corrected chi connectivity index (χ2v) is 5.08. The number of unbranched alkanes of at least 4 members (excludes halogenated alkanes) is 1. The van der Waals surface area contributed by atoms with Gasteiger partial charge in [-0.15, -0.1) is 0 Å². The number of hydrogen-bond acceptors (Lipinski definition) is 2. The second kappa shape index (κ2) is 8.16. The van der Waals surface area contributed by atoms with E-state index in [1.807, 2.05) is 6.07 Å². The summed E-state index contributed by atoms with van der Waals surface area (Å²) >= 11 is 0. The molecule has 0 spiro atoms. The largest absolute Gasteiger partial charge is 0.372 e. The van der Waals surface area contributed by atoms with Crippen molar-refractivity contribution in [1.29, 1.82) is 0 Å². The van der Waals surface area contributed by atoms with Crippen molar-refractivity contribution in [2.24, 2.45) is 5.73 Å². The molecular formula is C16H27FN2. The first kappa shape index (κ1) is 16.0. The van der Waals surface area contributed by atoms with Crippen molar-refractivity contribution in [3.8, 4) is 0 Å². The molecule has 0 saturated heterocycles. The van der Waals surface area contributed by atoms with Crippen LogP contribution in [0.4, 0.5) is 10.1 Å². The van der Waals surface area contributed by atoms with E-state index in [4.69, 9.17) is 5.73 Å². The third-order valence-electron chi connectivity index (χ3n) is 3.55. The van der Waals surface area contributed by atoms with E-state index in [0.29, 0.717) is 0 Å². The molecule has 1 aromatic rings. The van der Waals surface area contributed by atoms with Crippen molar-refractivity contribution in [3.05, 3.63) is 29.6 Å². The predicted octanol–water partition coefficient (Wildman–Crippen LogP) is 3.73. The van der Waals surface area contributed by atoms with E-state index in [0.717, 1.165) is 43.6 Å². The Morgan fingerprint density at radius 1 is 1.26 bits per heavy atom. The lowest BCUT2D eigenvalue weighted by Crippen LogP contribution is -2.27. The highest BCUT2D eigenvalue weighted by Crippen LogP contribution is 2.23. The fourth-order valence-electron chi connectivity index (χ4n) is 2.25. The van der Waals surface area contributed by atoms with Gasteiger partial charge in [-0.25, -0.2) is 4.39 Å². The summed E-state index contributed by atoms with van der Waals surface area (Å²) in [6.07, 6.45) is 3.98. The number of halogens is 1. The molecule has 1 unspecified atom stereocenters. The van der Waals surface area contributed by atoms with Crippen molar-refractivity contribution in [2.75, 3.05) is 18.0 Å². The Morgan fingerprint density at radius 2 is 2.00 bits per heavy atom. The number of hydrogen-bond donors (Lipinski definition) is 1. The molecule has 1 rings (SSSR count). The summed E-state index contributed by atoms with van der Waals surface area (Å²) in [7, 11) is 0. The summed E-state index contributed by atoms with van der Waals surface area (Å²) in [5.74, 6) is -0.173. The first-order valence-corrected chi connectivity index (χ1v) is 7.41. The number of nitrogens with zero attached hydrogens (tertiary/aromatic N) is 1. The van der Waals surface area contributed by atoms with Crippen molar-refractivity contribution < 1.29 is 4.39 Å². The quantitative estimate of drug-likeness (QED) is 0.777. The van der Waals surface area contributed by atoms with Crippen LogP contribution in [0.3, 0.4) is 0 Å². The molecule has 1 atom stereocenters. The molecule has 0 aliphatic rings. The van der Waals surface area contributed by atoms with Gasteiger partial charge in [-0.2, -0.15) is 0 Å². The van der Waals surface area contributed by atoms with Crippen LogP contribution in [0.5, 0.6) is 0 Å². The minimum absolute atomic E-state index is 0.102. The standard InChI is InChI=1S/C16H27FN2/c1-4-7-10-19(6-3)16-9-8-14(17)11-13(16)12-15(18)5-2/h8-9,11,15H,4-7,10,12,18H2,1-3H3. The van der Waals surface area contributed by atoms with Gasteiger partial charge in [0, 0.05) is 24.8 Å². The third-order valence-corrected chi connectivity index (χ3v) is 3.55. The Kier molecular flexibility index (Phi) is 6.85. The van der Waals surface area contributed by atoms with Gasteiger partial charge < -0.3 is 10.6 Å². The molecule has 0 fully saturated rings. The van der Waals surface area contributed by atoms with Crippen molar-refractivity contribution in [1.82, 2.24) is 0 Å². The van der Waals surface area contributed by atoms with E-state index in [-0.39, 0.29) is 11.9 Å². The molecule has 2 N–H and O–H groups in total. The Bertz CT molecular complexity index is 379. The molecule has 0 bridgehead atoms. The van der Waals surface area contributed by atoms with Gasteiger partial charge >= 0.3 is 0 Å². The summed E-state index contributed by atoms with van der Waals surface area (Å²) in [6.45, 7) is 8.36. The number of nitrogens with two attached hydrogens (primary N) is 1. The van der Waals surface area contributed by atoms with Crippen LogP contribution in [-0.4, -0.2) is 19.1 Å². The van der Waals surface area contributed by atoms with Gasteiger partial charge in [0.05, 0.1) is 0 Å². The van der Waals surface area contributed by atoms with E-state index >= 15 is 0 Å². The van der Waals surface area contributed by atoms with Gasteiger partial charge in [-0.3, -0.25) is 0 Å². The molecule has 0 saturated carbocycles. The lowest BCUT2D eigenvalue weighted by Gasteiger charge is -2.26. The summed E-state index contributed by atoms with van der Waals surface area (Å²) in [4.78, 5) is 2.32. The van der Waals surface area contributed by atoms with Gasteiger partial charge in [0.1, 0.15) is 5.82 Å². The van der Waals surface area contributed by atoms with Crippen LogP contribution in [0.2, 0.25) is 0 Å². The zero-order valence-corrected chi connectivity index (χ0v) is 12.5.